The Bertz CT molecular complexity index is 987. The van der Waals surface area contributed by atoms with Crippen molar-refractivity contribution in [3.8, 4) is 17.0 Å². The Balaban J connectivity index is 2.03. The minimum atomic E-state index is -0.286. The van der Waals surface area contributed by atoms with Crippen molar-refractivity contribution in [3.63, 3.8) is 0 Å². The fraction of sp³-hybridized carbons (Fsp3) is 0.350. The van der Waals surface area contributed by atoms with Crippen LogP contribution in [0.25, 0.3) is 16.2 Å². The molecule has 2 heterocycles. The van der Waals surface area contributed by atoms with Crippen LogP contribution in [0.2, 0.25) is 0 Å². The van der Waals surface area contributed by atoms with Gasteiger partial charge in [-0.3, -0.25) is 14.0 Å². The van der Waals surface area contributed by atoms with E-state index in [2.05, 4.69) is 18.8 Å². The molecule has 27 heavy (non-hydrogen) atoms. The SMILES string of the molecule is CCOC(=O)Cc1cn2c(C=O)c(-c3ccc(OC)c(C(C)C)c3)nc2s1. The number of aromatic nitrogens is 2. The third-order valence-electron chi connectivity index (χ3n) is 4.27. The number of aldehydes is 1. The zero-order chi connectivity index (χ0) is 19.6. The lowest BCUT2D eigenvalue weighted by Gasteiger charge is -2.13. The van der Waals surface area contributed by atoms with Crippen LogP contribution < -0.4 is 4.74 Å². The van der Waals surface area contributed by atoms with Gasteiger partial charge < -0.3 is 9.47 Å². The van der Waals surface area contributed by atoms with Gasteiger partial charge in [-0.25, -0.2) is 4.98 Å². The van der Waals surface area contributed by atoms with Crippen molar-refractivity contribution in [2.75, 3.05) is 13.7 Å². The molecule has 3 aromatic rings. The summed E-state index contributed by atoms with van der Waals surface area (Å²) >= 11 is 1.38. The van der Waals surface area contributed by atoms with Crippen molar-refractivity contribution < 1.29 is 19.1 Å². The Labute approximate surface area is 161 Å². The van der Waals surface area contributed by atoms with E-state index in [0.717, 1.165) is 28.0 Å². The highest BCUT2D eigenvalue weighted by Crippen LogP contribution is 2.33. The molecule has 0 bridgehead atoms. The summed E-state index contributed by atoms with van der Waals surface area (Å²) in [4.78, 5) is 29.6. The lowest BCUT2D eigenvalue weighted by molar-refractivity contribution is -0.142. The Morgan fingerprint density at radius 1 is 1.37 bits per heavy atom. The summed E-state index contributed by atoms with van der Waals surface area (Å²) in [7, 11) is 1.65. The van der Waals surface area contributed by atoms with Crippen LogP contribution in [0.15, 0.2) is 24.4 Å². The monoisotopic (exact) mass is 386 g/mol. The number of imidazole rings is 1. The molecular weight excluding hydrogens is 364 g/mol. The standard InChI is InChI=1S/C20H22N2O4S/c1-5-26-18(24)9-14-10-22-16(11-23)19(21-20(22)27-14)13-6-7-17(25-4)15(8-13)12(2)3/h6-8,10-12H,5,9H2,1-4H3. The van der Waals surface area contributed by atoms with E-state index in [0.29, 0.717) is 23.0 Å². The van der Waals surface area contributed by atoms with Crippen LogP contribution in [0.5, 0.6) is 5.75 Å². The maximum absolute atomic E-state index is 11.8. The Morgan fingerprint density at radius 2 is 2.15 bits per heavy atom. The van der Waals surface area contributed by atoms with E-state index in [9.17, 15) is 9.59 Å². The zero-order valence-electron chi connectivity index (χ0n) is 15.8. The number of fused-ring (bicyclic) bond motifs is 1. The highest BCUT2D eigenvalue weighted by Gasteiger charge is 2.19. The largest absolute Gasteiger partial charge is 0.496 e. The number of ether oxygens (including phenoxy) is 2. The van der Waals surface area contributed by atoms with Crippen LogP contribution in [0.1, 0.15) is 47.6 Å². The third-order valence-corrected chi connectivity index (χ3v) is 5.25. The predicted octanol–water partition coefficient (Wildman–Crippen LogP) is 4.11. The van der Waals surface area contributed by atoms with E-state index in [-0.39, 0.29) is 18.3 Å². The molecular formula is C20H22N2O4S. The molecule has 0 aliphatic heterocycles. The van der Waals surface area contributed by atoms with Crippen molar-refractivity contribution in [1.29, 1.82) is 0 Å². The Morgan fingerprint density at radius 3 is 2.78 bits per heavy atom. The summed E-state index contributed by atoms with van der Waals surface area (Å²) in [6, 6.07) is 5.82. The number of methoxy groups -OCH3 is 1. The molecule has 2 aromatic heterocycles. The van der Waals surface area contributed by atoms with E-state index >= 15 is 0 Å². The van der Waals surface area contributed by atoms with Gasteiger partial charge in [-0.15, -0.1) is 11.3 Å². The highest BCUT2D eigenvalue weighted by molar-refractivity contribution is 7.17. The molecule has 7 heteroatoms. The topological polar surface area (TPSA) is 69.9 Å². The normalized spacial score (nSPS) is 11.1. The average Bonchev–Trinajstić information content (AvgIpc) is 3.17. The number of hydrogen-bond acceptors (Lipinski definition) is 6. The first-order valence-electron chi connectivity index (χ1n) is 8.78. The summed E-state index contributed by atoms with van der Waals surface area (Å²) in [5.74, 6) is 0.810. The van der Waals surface area contributed by atoms with E-state index in [1.807, 2.05) is 18.2 Å². The predicted molar refractivity (Wildman–Crippen MR) is 105 cm³/mol. The second kappa shape index (κ2) is 7.92. The zero-order valence-corrected chi connectivity index (χ0v) is 16.6. The van der Waals surface area contributed by atoms with Gasteiger partial charge >= 0.3 is 5.97 Å². The minimum absolute atomic E-state index is 0.176. The molecule has 0 spiro atoms. The Hall–Kier alpha value is -2.67. The van der Waals surface area contributed by atoms with Crippen LogP contribution in [-0.2, 0) is 16.0 Å². The van der Waals surface area contributed by atoms with Crippen molar-refractivity contribution >= 4 is 28.6 Å². The summed E-state index contributed by atoms with van der Waals surface area (Å²) < 4.78 is 12.2. The molecule has 0 N–H and O–H groups in total. The van der Waals surface area contributed by atoms with Gasteiger partial charge in [0.25, 0.3) is 0 Å². The van der Waals surface area contributed by atoms with Crippen LogP contribution in [0.3, 0.4) is 0 Å². The summed E-state index contributed by atoms with van der Waals surface area (Å²) in [5, 5.41) is 0. The first-order valence-corrected chi connectivity index (χ1v) is 9.60. The van der Waals surface area contributed by atoms with Crippen LogP contribution >= 0.6 is 11.3 Å². The molecule has 0 aliphatic carbocycles. The quantitative estimate of drug-likeness (QED) is 0.451. The molecule has 6 nitrogen and oxygen atoms in total. The summed E-state index contributed by atoms with van der Waals surface area (Å²) in [6.45, 7) is 6.31. The minimum Gasteiger partial charge on any atom is -0.496 e. The lowest BCUT2D eigenvalue weighted by atomic mass is 9.98. The number of esters is 1. The molecule has 0 atom stereocenters. The number of carbonyl (C=O) groups is 2. The first kappa shape index (κ1) is 19.1. The summed E-state index contributed by atoms with van der Waals surface area (Å²) in [6.07, 6.45) is 2.76. The maximum Gasteiger partial charge on any atom is 0.311 e. The molecule has 3 rings (SSSR count). The smallest absolute Gasteiger partial charge is 0.311 e. The molecule has 0 radical (unpaired) electrons. The van der Waals surface area contributed by atoms with Crippen LogP contribution in [-0.4, -0.2) is 35.4 Å². The van der Waals surface area contributed by atoms with Crippen LogP contribution in [0, 0.1) is 0 Å². The number of rotatable bonds is 7. The molecule has 0 unspecified atom stereocenters. The molecule has 0 fully saturated rings. The molecule has 1 aromatic carbocycles. The van der Waals surface area contributed by atoms with Crippen molar-refractivity contribution in [2.45, 2.75) is 33.1 Å². The van der Waals surface area contributed by atoms with Gasteiger partial charge in [0.15, 0.2) is 11.2 Å². The lowest BCUT2D eigenvalue weighted by Crippen LogP contribution is -2.06. The van der Waals surface area contributed by atoms with Gasteiger partial charge in [-0.1, -0.05) is 13.8 Å². The maximum atomic E-state index is 11.8. The van der Waals surface area contributed by atoms with E-state index in [4.69, 9.17) is 9.47 Å². The van der Waals surface area contributed by atoms with Crippen molar-refractivity contribution in [1.82, 2.24) is 9.38 Å². The van der Waals surface area contributed by atoms with Gasteiger partial charge in [0.05, 0.1) is 20.1 Å². The summed E-state index contributed by atoms with van der Waals surface area (Å²) in [5.41, 5.74) is 3.02. The fourth-order valence-electron chi connectivity index (χ4n) is 3.00. The number of carbonyl (C=O) groups excluding carboxylic acids is 2. The highest BCUT2D eigenvalue weighted by atomic mass is 32.1. The van der Waals surface area contributed by atoms with E-state index in [1.165, 1.54) is 11.3 Å². The fourth-order valence-corrected chi connectivity index (χ4v) is 3.97. The van der Waals surface area contributed by atoms with Gasteiger partial charge in [-0.2, -0.15) is 0 Å². The second-order valence-corrected chi connectivity index (χ2v) is 7.50. The molecule has 0 amide bonds. The van der Waals surface area contributed by atoms with Gasteiger partial charge in [0, 0.05) is 16.6 Å². The van der Waals surface area contributed by atoms with Crippen molar-refractivity contribution in [2.24, 2.45) is 0 Å². The molecule has 142 valence electrons. The Kier molecular flexibility index (Phi) is 5.60. The van der Waals surface area contributed by atoms with E-state index < -0.39 is 0 Å². The van der Waals surface area contributed by atoms with Gasteiger partial charge in [-0.05, 0) is 36.6 Å². The number of thiazole rings is 1. The molecule has 0 saturated carbocycles. The average molecular weight is 386 g/mol. The number of benzene rings is 1. The van der Waals surface area contributed by atoms with Gasteiger partial charge in [0.2, 0.25) is 0 Å². The number of nitrogens with zero attached hydrogens (tertiary/aromatic N) is 2. The first-order chi connectivity index (χ1) is 13.0. The van der Waals surface area contributed by atoms with Crippen molar-refractivity contribution in [3.05, 3.63) is 40.5 Å². The molecule has 0 aliphatic rings. The second-order valence-electron chi connectivity index (χ2n) is 6.41. The van der Waals surface area contributed by atoms with Crippen LogP contribution in [0.4, 0.5) is 0 Å². The molecule has 0 saturated heterocycles. The van der Waals surface area contributed by atoms with E-state index in [1.54, 1.807) is 24.6 Å². The van der Waals surface area contributed by atoms with Gasteiger partial charge in [0.1, 0.15) is 17.1 Å². The number of hydrogen-bond donors (Lipinski definition) is 0. The third kappa shape index (κ3) is 3.73.